The van der Waals surface area contributed by atoms with Crippen molar-refractivity contribution in [3.05, 3.63) is 138 Å². The number of carbonyl (C=O) groups excluding carboxylic acids is 2. The summed E-state index contributed by atoms with van der Waals surface area (Å²) in [7, 11) is 0. The third kappa shape index (κ3) is 5.93. The summed E-state index contributed by atoms with van der Waals surface area (Å²) in [5.74, 6) is -0.775. The maximum absolute atomic E-state index is 14.0. The van der Waals surface area contributed by atoms with Crippen molar-refractivity contribution in [2.45, 2.75) is 38.1 Å². The molecular formula is C34H33N3O2. The zero-order chi connectivity index (χ0) is 27.2. The first kappa shape index (κ1) is 26.0. The van der Waals surface area contributed by atoms with E-state index in [0.29, 0.717) is 6.42 Å². The first-order valence-electron chi connectivity index (χ1n) is 13.4. The molecule has 0 unspecified atom stereocenters. The van der Waals surface area contributed by atoms with Crippen molar-refractivity contribution in [1.82, 2.24) is 10.3 Å². The van der Waals surface area contributed by atoms with E-state index in [1.807, 2.05) is 115 Å². The van der Waals surface area contributed by atoms with Crippen LogP contribution in [0.15, 0.2) is 115 Å². The Kier molecular flexibility index (Phi) is 7.88. The SMILES string of the molecule is CC(C)c1ccccc1NC(=O)[C@H](Cc1c[nH]c2ccccc12)NC(=O)C(c1ccccc1)c1ccccc1. The number of amides is 2. The van der Waals surface area contributed by atoms with E-state index >= 15 is 0 Å². The first-order valence-corrected chi connectivity index (χ1v) is 13.4. The lowest BCUT2D eigenvalue weighted by Crippen LogP contribution is -2.47. The summed E-state index contributed by atoms with van der Waals surface area (Å²) in [6.07, 6.45) is 2.27. The van der Waals surface area contributed by atoms with Crippen LogP contribution in [0.4, 0.5) is 5.69 Å². The molecule has 0 bridgehead atoms. The standard InChI is InChI=1S/C34H33N3O2/c1-23(2)27-17-9-12-20-30(27)36-33(38)31(21-26-22-35-29-19-11-10-18-28(26)29)37-34(39)32(24-13-5-3-6-14-24)25-15-7-4-8-16-25/h3-20,22-23,31-32,35H,21H2,1-2H3,(H,36,38)(H,37,39)/t31-/m0/s1. The molecule has 5 heteroatoms. The van der Waals surface area contributed by atoms with Crippen LogP contribution in [0.2, 0.25) is 0 Å². The molecule has 1 atom stereocenters. The van der Waals surface area contributed by atoms with Gasteiger partial charge in [0.05, 0.1) is 5.92 Å². The normalized spacial score (nSPS) is 12.0. The molecule has 5 rings (SSSR count). The minimum atomic E-state index is -0.785. The summed E-state index contributed by atoms with van der Waals surface area (Å²) in [4.78, 5) is 31.1. The molecule has 1 aromatic heterocycles. The first-order chi connectivity index (χ1) is 19.0. The summed E-state index contributed by atoms with van der Waals surface area (Å²) in [6.45, 7) is 4.20. The molecule has 0 saturated heterocycles. The second kappa shape index (κ2) is 11.8. The number of nitrogens with one attached hydrogen (secondary N) is 3. The number of hydrogen-bond acceptors (Lipinski definition) is 2. The number of para-hydroxylation sites is 2. The largest absolute Gasteiger partial charge is 0.361 e. The van der Waals surface area contributed by atoms with Crippen LogP contribution in [0, 0.1) is 0 Å². The lowest BCUT2D eigenvalue weighted by molar-refractivity contribution is -0.126. The fourth-order valence-electron chi connectivity index (χ4n) is 5.11. The Balaban J connectivity index is 1.49. The van der Waals surface area contributed by atoms with Gasteiger partial charge in [0, 0.05) is 29.2 Å². The molecule has 196 valence electrons. The second-order valence-electron chi connectivity index (χ2n) is 10.1. The van der Waals surface area contributed by atoms with E-state index in [4.69, 9.17) is 0 Å². The molecule has 5 aromatic rings. The molecule has 3 N–H and O–H groups in total. The lowest BCUT2D eigenvalue weighted by Gasteiger charge is -2.24. The van der Waals surface area contributed by atoms with Crippen LogP contribution in [0.3, 0.4) is 0 Å². The van der Waals surface area contributed by atoms with Crippen molar-refractivity contribution in [3.8, 4) is 0 Å². The topological polar surface area (TPSA) is 74.0 Å². The summed E-state index contributed by atoms with van der Waals surface area (Å²) in [5.41, 5.74) is 5.52. The summed E-state index contributed by atoms with van der Waals surface area (Å²) in [6, 6.07) is 34.4. The van der Waals surface area contributed by atoms with Crippen LogP contribution >= 0.6 is 0 Å². The van der Waals surface area contributed by atoms with Gasteiger partial charge in [-0.3, -0.25) is 9.59 Å². The Morgan fingerprint density at radius 3 is 1.97 bits per heavy atom. The predicted molar refractivity (Wildman–Crippen MR) is 158 cm³/mol. The molecule has 0 radical (unpaired) electrons. The van der Waals surface area contributed by atoms with E-state index in [1.54, 1.807) is 0 Å². The second-order valence-corrected chi connectivity index (χ2v) is 10.1. The van der Waals surface area contributed by atoms with Gasteiger partial charge in [0.15, 0.2) is 0 Å². The molecule has 1 heterocycles. The fourth-order valence-corrected chi connectivity index (χ4v) is 5.11. The predicted octanol–water partition coefficient (Wildman–Crippen LogP) is 6.79. The minimum Gasteiger partial charge on any atom is -0.361 e. The van der Waals surface area contributed by atoms with Gasteiger partial charge in [-0.15, -0.1) is 0 Å². The van der Waals surface area contributed by atoms with E-state index in [1.165, 1.54) is 0 Å². The van der Waals surface area contributed by atoms with Crippen LogP contribution < -0.4 is 10.6 Å². The number of rotatable bonds is 9. The van der Waals surface area contributed by atoms with Gasteiger partial charge in [-0.25, -0.2) is 0 Å². The number of benzene rings is 4. The zero-order valence-electron chi connectivity index (χ0n) is 22.2. The fraction of sp³-hybridized carbons (Fsp3) is 0.176. The maximum Gasteiger partial charge on any atom is 0.247 e. The van der Waals surface area contributed by atoms with Gasteiger partial charge in [-0.2, -0.15) is 0 Å². The third-order valence-electron chi connectivity index (χ3n) is 7.10. The highest BCUT2D eigenvalue weighted by atomic mass is 16.2. The van der Waals surface area contributed by atoms with E-state index in [0.717, 1.165) is 38.8 Å². The van der Waals surface area contributed by atoms with E-state index in [2.05, 4.69) is 29.5 Å². The van der Waals surface area contributed by atoms with Crippen LogP contribution in [0.1, 0.15) is 47.9 Å². The summed E-state index contributed by atoms with van der Waals surface area (Å²) in [5, 5.41) is 7.27. The number of aromatic nitrogens is 1. The van der Waals surface area contributed by atoms with Crippen LogP contribution in [-0.2, 0) is 16.0 Å². The van der Waals surface area contributed by atoms with Gasteiger partial charge in [0.1, 0.15) is 6.04 Å². The van der Waals surface area contributed by atoms with Gasteiger partial charge in [-0.05, 0) is 40.3 Å². The Morgan fingerprint density at radius 1 is 0.718 bits per heavy atom. The highest BCUT2D eigenvalue weighted by Gasteiger charge is 2.29. The van der Waals surface area contributed by atoms with Crippen LogP contribution in [0.5, 0.6) is 0 Å². The van der Waals surface area contributed by atoms with E-state index in [-0.39, 0.29) is 17.7 Å². The molecule has 0 spiro atoms. The highest BCUT2D eigenvalue weighted by molar-refractivity contribution is 6.00. The third-order valence-corrected chi connectivity index (χ3v) is 7.10. The van der Waals surface area contributed by atoms with Crippen LogP contribution in [-0.4, -0.2) is 22.8 Å². The molecule has 4 aromatic carbocycles. The number of fused-ring (bicyclic) bond motifs is 1. The van der Waals surface area contributed by atoms with Gasteiger partial charge < -0.3 is 15.6 Å². The highest BCUT2D eigenvalue weighted by Crippen LogP contribution is 2.27. The molecule has 0 aliphatic rings. The van der Waals surface area contributed by atoms with Gasteiger partial charge in [0.25, 0.3) is 0 Å². The molecule has 0 saturated carbocycles. The number of H-pyrrole nitrogens is 1. The number of anilines is 1. The van der Waals surface area contributed by atoms with E-state index < -0.39 is 12.0 Å². The Bertz CT molecular complexity index is 1520. The molecule has 39 heavy (non-hydrogen) atoms. The Morgan fingerprint density at radius 2 is 1.31 bits per heavy atom. The van der Waals surface area contributed by atoms with Crippen molar-refractivity contribution < 1.29 is 9.59 Å². The monoisotopic (exact) mass is 515 g/mol. The van der Waals surface area contributed by atoms with Gasteiger partial charge in [-0.1, -0.05) is 111 Å². The van der Waals surface area contributed by atoms with Gasteiger partial charge in [0.2, 0.25) is 11.8 Å². The molecule has 2 amide bonds. The molecule has 0 aliphatic carbocycles. The lowest BCUT2D eigenvalue weighted by atomic mass is 9.90. The Labute approximate surface area is 229 Å². The number of hydrogen-bond donors (Lipinski definition) is 3. The number of carbonyl (C=O) groups is 2. The zero-order valence-corrected chi connectivity index (χ0v) is 22.2. The summed E-state index contributed by atoms with van der Waals surface area (Å²) >= 11 is 0. The number of aromatic amines is 1. The van der Waals surface area contributed by atoms with Gasteiger partial charge >= 0.3 is 0 Å². The van der Waals surface area contributed by atoms with E-state index in [9.17, 15) is 9.59 Å². The maximum atomic E-state index is 14.0. The van der Waals surface area contributed by atoms with Crippen molar-refractivity contribution in [1.29, 1.82) is 0 Å². The molecule has 5 nitrogen and oxygen atoms in total. The average molecular weight is 516 g/mol. The summed E-state index contributed by atoms with van der Waals surface area (Å²) < 4.78 is 0. The average Bonchev–Trinajstić information content (AvgIpc) is 3.37. The molecule has 0 aliphatic heterocycles. The van der Waals surface area contributed by atoms with Crippen LogP contribution in [0.25, 0.3) is 10.9 Å². The van der Waals surface area contributed by atoms with Crippen molar-refractivity contribution in [2.24, 2.45) is 0 Å². The quantitative estimate of drug-likeness (QED) is 0.202. The van der Waals surface area contributed by atoms with Crippen molar-refractivity contribution >= 4 is 28.4 Å². The smallest absolute Gasteiger partial charge is 0.247 e. The Hall–Kier alpha value is -4.64. The minimum absolute atomic E-state index is 0.218. The molecular weight excluding hydrogens is 482 g/mol. The van der Waals surface area contributed by atoms with Crippen molar-refractivity contribution in [3.63, 3.8) is 0 Å². The molecule has 0 fully saturated rings. The van der Waals surface area contributed by atoms with Crippen molar-refractivity contribution in [2.75, 3.05) is 5.32 Å².